The second-order valence-corrected chi connectivity index (χ2v) is 3.69. The molecule has 0 aliphatic heterocycles. The van der Waals surface area contributed by atoms with E-state index in [1.807, 2.05) is 0 Å². The van der Waals surface area contributed by atoms with Crippen molar-refractivity contribution in [2.45, 2.75) is 13.8 Å². The maximum absolute atomic E-state index is 9.60. The van der Waals surface area contributed by atoms with E-state index in [9.17, 15) is 4.79 Å². The molecule has 0 aromatic rings. The van der Waals surface area contributed by atoms with E-state index in [1.54, 1.807) is 0 Å². The van der Waals surface area contributed by atoms with Crippen molar-refractivity contribution in [1.82, 2.24) is 0 Å². The van der Waals surface area contributed by atoms with Crippen molar-refractivity contribution in [1.29, 1.82) is 0 Å². The summed E-state index contributed by atoms with van der Waals surface area (Å²) in [7, 11) is 6.54. The van der Waals surface area contributed by atoms with Crippen LogP contribution in [0.1, 0.15) is 13.8 Å². The van der Waals surface area contributed by atoms with Crippen molar-refractivity contribution in [3.8, 4) is 0 Å². The molecule has 0 aliphatic rings. The smallest absolute Gasteiger partial charge is 0.330 e. The minimum Gasteiger partial charge on any atom is -0.478 e. The van der Waals surface area contributed by atoms with E-state index in [4.69, 9.17) is 5.11 Å². The fraction of sp³-hybridized carbons (Fsp3) is 0.667. The van der Waals surface area contributed by atoms with Gasteiger partial charge in [-0.05, 0) is 13.8 Å². The summed E-state index contributed by atoms with van der Waals surface area (Å²) in [5.74, 6) is -0.935. The number of rotatable bonds is 2. The van der Waals surface area contributed by atoms with E-state index < -0.39 is 5.97 Å². The van der Waals surface area contributed by atoms with E-state index in [1.165, 1.54) is 13.5 Å². The monoisotopic (exact) mass is 210 g/mol. The van der Waals surface area contributed by atoms with Crippen molar-refractivity contribution >= 4 is 18.4 Å². The largest absolute Gasteiger partial charge is 0.478 e. The maximum atomic E-state index is 9.60. The van der Waals surface area contributed by atoms with E-state index in [0.717, 1.165) is 4.48 Å². The van der Waals surface area contributed by atoms with Gasteiger partial charge in [0.1, 0.15) is 0 Å². The highest BCUT2D eigenvalue weighted by molar-refractivity contribution is 5.85. The van der Waals surface area contributed by atoms with Gasteiger partial charge in [0, 0.05) is 5.57 Å². The molecule has 0 atom stereocenters. The van der Waals surface area contributed by atoms with Gasteiger partial charge in [-0.25, -0.2) is 4.79 Å². The summed E-state index contributed by atoms with van der Waals surface area (Å²) >= 11 is 0. The zero-order chi connectivity index (χ0) is 10.4. The predicted molar refractivity (Wildman–Crippen MR) is 58.3 cm³/mol. The van der Waals surface area contributed by atoms with Crippen LogP contribution in [0, 0.1) is 0 Å². The van der Waals surface area contributed by atoms with Crippen molar-refractivity contribution in [2.24, 2.45) is 0 Å². The number of halogens is 1. The molecule has 0 spiro atoms. The summed E-state index contributed by atoms with van der Waals surface area (Å²) in [4.78, 5) is 9.60. The van der Waals surface area contributed by atoms with Crippen LogP contribution >= 0.6 is 12.4 Å². The molecule has 0 radical (unpaired) electrons. The Kier molecular flexibility index (Phi) is 11.4. The Hall–Kier alpha value is -0.540. The maximum Gasteiger partial charge on any atom is 0.330 e. The fourth-order valence-corrected chi connectivity index (χ4v) is 0. The van der Waals surface area contributed by atoms with Gasteiger partial charge < -0.3 is 9.59 Å². The van der Waals surface area contributed by atoms with Crippen molar-refractivity contribution < 1.29 is 14.4 Å². The third-order valence-electron chi connectivity index (χ3n) is 1.31. The molecule has 0 aromatic carbocycles. The fourth-order valence-electron chi connectivity index (χ4n) is 0. The summed E-state index contributed by atoms with van der Waals surface area (Å²) < 4.78 is 1.07. The van der Waals surface area contributed by atoms with Gasteiger partial charge in [0.2, 0.25) is 0 Å². The van der Waals surface area contributed by atoms with E-state index in [0.29, 0.717) is 0 Å². The van der Waals surface area contributed by atoms with Crippen LogP contribution < -0.4 is 0 Å². The Bertz CT molecular complexity index is 149. The van der Waals surface area contributed by atoms with Gasteiger partial charge in [-0.3, -0.25) is 0 Å². The number of carboxylic acids is 1. The standard InChI is InChI=1S/C5H14N.C4H6O2.ClH/c1-5-6(2,3)4;1-3(2)4(5)6;/h5H2,1-4H3;1H2,2H3,(H,5,6);1H/q+1;;. The van der Waals surface area contributed by atoms with E-state index in [-0.39, 0.29) is 18.0 Å². The molecule has 4 heteroatoms. The van der Waals surface area contributed by atoms with Gasteiger partial charge in [0.05, 0.1) is 27.7 Å². The SMILES string of the molecule is C=C(C)C(=O)O.CC[N+](C)(C)C.Cl. The van der Waals surface area contributed by atoms with Gasteiger partial charge in [-0.2, -0.15) is 0 Å². The molecule has 0 fully saturated rings. The third-order valence-corrected chi connectivity index (χ3v) is 1.31. The molecule has 0 rings (SSSR count). The molecule has 0 unspecified atom stereocenters. The Labute approximate surface area is 87.1 Å². The summed E-state index contributed by atoms with van der Waals surface area (Å²) in [6.07, 6.45) is 0. The lowest BCUT2D eigenvalue weighted by atomic mass is 10.4. The summed E-state index contributed by atoms with van der Waals surface area (Å²) in [6.45, 7) is 7.99. The van der Waals surface area contributed by atoms with Gasteiger partial charge in [-0.15, -0.1) is 12.4 Å². The molecule has 13 heavy (non-hydrogen) atoms. The Morgan fingerprint density at radius 1 is 1.38 bits per heavy atom. The Morgan fingerprint density at radius 2 is 1.54 bits per heavy atom. The number of aliphatic carboxylic acids is 1. The van der Waals surface area contributed by atoms with Crippen LogP contribution in [-0.2, 0) is 4.79 Å². The minimum atomic E-state index is -0.935. The molecule has 3 nitrogen and oxygen atoms in total. The van der Waals surface area contributed by atoms with Crippen molar-refractivity contribution in [2.75, 3.05) is 27.7 Å². The first-order valence-corrected chi connectivity index (χ1v) is 3.90. The van der Waals surface area contributed by atoms with E-state index in [2.05, 4.69) is 34.6 Å². The molecule has 0 bridgehead atoms. The van der Waals surface area contributed by atoms with Crippen molar-refractivity contribution in [3.05, 3.63) is 12.2 Å². The van der Waals surface area contributed by atoms with E-state index >= 15 is 0 Å². The molecule has 0 saturated carbocycles. The molecule has 0 heterocycles. The predicted octanol–water partition coefficient (Wildman–Crippen LogP) is 1.78. The van der Waals surface area contributed by atoms with Gasteiger partial charge in [-0.1, -0.05) is 6.58 Å². The van der Waals surface area contributed by atoms with Crippen LogP contribution in [0.4, 0.5) is 0 Å². The summed E-state index contributed by atoms with van der Waals surface area (Å²) in [5, 5.41) is 7.89. The number of carbonyl (C=O) groups is 1. The zero-order valence-electron chi connectivity index (χ0n) is 9.13. The second-order valence-electron chi connectivity index (χ2n) is 3.69. The average molecular weight is 211 g/mol. The van der Waals surface area contributed by atoms with Crippen LogP contribution in [-0.4, -0.2) is 43.2 Å². The average Bonchev–Trinajstić information content (AvgIpc) is 1.87. The molecular formula is C9H21ClNO2+. The summed E-state index contributed by atoms with van der Waals surface area (Å²) in [5.41, 5.74) is 0.176. The first-order chi connectivity index (χ1) is 5.20. The lowest BCUT2D eigenvalue weighted by Gasteiger charge is -2.20. The van der Waals surface area contributed by atoms with Gasteiger partial charge in [0.15, 0.2) is 0 Å². The number of nitrogens with zero attached hydrogens (tertiary/aromatic N) is 1. The molecule has 1 N–H and O–H groups in total. The second kappa shape index (κ2) is 8.08. The lowest BCUT2D eigenvalue weighted by Crippen LogP contribution is -2.33. The topological polar surface area (TPSA) is 37.3 Å². The zero-order valence-corrected chi connectivity index (χ0v) is 9.94. The molecule has 0 amide bonds. The highest BCUT2D eigenvalue weighted by Crippen LogP contribution is 1.83. The Morgan fingerprint density at radius 3 is 1.54 bits per heavy atom. The molecule has 80 valence electrons. The number of hydrogen-bond acceptors (Lipinski definition) is 1. The minimum absolute atomic E-state index is 0. The lowest BCUT2D eigenvalue weighted by molar-refractivity contribution is -0.868. The van der Waals surface area contributed by atoms with Crippen LogP contribution in [0.25, 0.3) is 0 Å². The molecular weight excluding hydrogens is 190 g/mol. The number of hydrogen-bond donors (Lipinski definition) is 1. The van der Waals surface area contributed by atoms with Crippen LogP contribution in [0.15, 0.2) is 12.2 Å². The highest BCUT2D eigenvalue weighted by atomic mass is 35.5. The molecule has 0 aromatic heterocycles. The number of quaternary nitrogens is 1. The molecule has 0 aliphatic carbocycles. The number of carboxylic acid groups (broad SMARTS) is 1. The first kappa shape index (κ1) is 18.3. The summed E-state index contributed by atoms with van der Waals surface area (Å²) in [6, 6.07) is 0. The van der Waals surface area contributed by atoms with Crippen LogP contribution in [0.3, 0.4) is 0 Å². The normalized spacial score (nSPS) is 9.00. The van der Waals surface area contributed by atoms with Crippen molar-refractivity contribution in [3.63, 3.8) is 0 Å². The quantitative estimate of drug-likeness (QED) is 0.558. The first-order valence-electron chi connectivity index (χ1n) is 3.90. The van der Waals surface area contributed by atoms with Crippen LogP contribution in [0.2, 0.25) is 0 Å². The van der Waals surface area contributed by atoms with Gasteiger partial charge in [0.25, 0.3) is 0 Å². The van der Waals surface area contributed by atoms with Crippen LogP contribution in [0.5, 0.6) is 0 Å². The third kappa shape index (κ3) is 24.6. The molecule has 0 saturated heterocycles. The Balaban J connectivity index is -0.000000143. The van der Waals surface area contributed by atoms with Gasteiger partial charge >= 0.3 is 5.97 Å². The highest BCUT2D eigenvalue weighted by Gasteiger charge is 1.97.